The lowest BCUT2D eigenvalue weighted by Gasteiger charge is -2.32. The predicted octanol–water partition coefficient (Wildman–Crippen LogP) is 3.06. The molecule has 1 aromatic rings. The van der Waals surface area contributed by atoms with Crippen molar-refractivity contribution in [3.8, 4) is 0 Å². The predicted molar refractivity (Wildman–Crippen MR) is 77.4 cm³/mol. The second-order valence-corrected chi connectivity index (χ2v) is 5.99. The highest BCUT2D eigenvalue weighted by atomic mass is 16.8. The number of benzene rings is 1. The van der Waals surface area contributed by atoms with E-state index < -0.39 is 0 Å². The first-order valence-electron chi connectivity index (χ1n) is 7.82. The van der Waals surface area contributed by atoms with Crippen molar-refractivity contribution in [2.24, 2.45) is 0 Å². The molecule has 2 atom stereocenters. The Morgan fingerprint density at radius 3 is 2.40 bits per heavy atom. The largest absolute Gasteiger partial charge is 0.396 e. The highest BCUT2D eigenvalue weighted by Gasteiger charge is 2.47. The van der Waals surface area contributed by atoms with Gasteiger partial charge in [0, 0.05) is 25.9 Å². The molecule has 3 rings (SSSR count). The molecule has 1 aliphatic carbocycles. The Kier molecular flexibility index (Phi) is 4.39. The van der Waals surface area contributed by atoms with Crippen molar-refractivity contribution in [3.63, 3.8) is 0 Å². The van der Waals surface area contributed by atoms with Gasteiger partial charge in [-0.05, 0) is 24.8 Å². The first kappa shape index (κ1) is 14.1. The number of rotatable bonds is 4. The van der Waals surface area contributed by atoms with Gasteiger partial charge in [0.05, 0.1) is 12.2 Å². The Hall–Kier alpha value is -0.900. The van der Waals surface area contributed by atoms with Crippen molar-refractivity contribution in [2.75, 3.05) is 6.61 Å². The van der Waals surface area contributed by atoms with Gasteiger partial charge in [-0.2, -0.15) is 0 Å². The maximum Gasteiger partial charge on any atom is 0.169 e. The lowest BCUT2D eigenvalue weighted by molar-refractivity contribution is -0.194. The van der Waals surface area contributed by atoms with Crippen LogP contribution in [0, 0.1) is 0 Å². The van der Waals surface area contributed by atoms with E-state index in [2.05, 4.69) is 24.3 Å². The third-order valence-electron chi connectivity index (χ3n) is 4.46. The molecule has 1 heterocycles. The van der Waals surface area contributed by atoms with E-state index in [0.717, 1.165) is 19.3 Å². The fourth-order valence-electron chi connectivity index (χ4n) is 3.45. The topological polar surface area (TPSA) is 38.7 Å². The van der Waals surface area contributed by atoms with Crippen LogP contribution >= 0.6 is 0 Å². The molecule has 1 saturated carbocycles. The van der Waals surface area contributed by atoms with Gasteiger partial charge in [0.1, 0.15) is 0 Å². The van der Waals surface area contributed by atoms with Crippen LogP contribution in [0.4, 0.5) is 0 Å². The summed E-state index contributed by atoms with van der Waals surface area (Å²) in [7, 11) is 0. The molecule has 3 heteroatoms. The number of aliphatic hydroxyl groups excluding tert-OH is 1. The van der Waals surface area contributed by atoms with Crippen LogP contribution in [0.15, 0.2) is 30.3 Å². The van der Waals surface area contributed by atoms with Crippen LogP contribution in [-0.4, -0.2) is 29.7 Å². The molecule has 0 amide bonds. The maximum atomic E-state index is 9.26. The average molecular weight is 276 g/mol. The zero-order chi connectivity index (χ0) is 13.8. The van der Waals surface area contributed by atoms with Crippen LogP contribution in [0.25, 0.3) is 0 Å². The summed E-state index contributed by atoms with van der Waals surface area (Å²) >= 11 is 0. The van der Waals surface area contributed by atoms with Crippen LogP contribution in [0.1, 0.15) is 44.1 Å². The summed E-state index contributed by atoms with van der Waals surface area (Å²) in [5.41, 5.74) is 1.27. The van der Waals surface area contributed by atoms with Gasteiger partial charge in [0.2, 0.25) is 0 Å². The zero-order valence-electron chi connectivity index (χ0n) is 12.0. The molecule has 1 aromatic carbocycles. The molecule has 0 radical (unpaired) electrons. The third-order valence-corrected chi connectivity index (χ3v) is 4.46. The molecule has 1 spiro atoms. The Labute approximate surface area is 120 Å². The van der Waals surface area contributed by atoms with Gasteiger partial charge in [-0.1, -0.05) is 36.8 Å². The fraction of sp³-hybridized carbons (Fsp3) is 0.647. The van der Waals surface area contributed by atoms with Gasteiger partial charge < -0.3 is 14.6 Å². The molecule has 110 valence electrons. The standard InChI is InChI=1S/C17H24O3/c18-12-9-15-16(13-14-7-3-1-4-8-14)20-17(19-15)10-5-2-6-11-17/h1,3-4,7-8,15-16,18H,2,5-6,9-13H2/t15-,16-/m0/s1. The second-order valence-electron chi connectivity index (χ2n) is 5.99. The maximum absolute atomic E-state index is 9.26. The molecule has 2 fully saturated rings. The van der Waals surface area contributed by atoms with Crippen molar-refractivity contribution in [2.45, 2.75) is 62.9 Å². The summed E-state index contributed by atoms with van der Waals surface area (Å²) in [6.45, 7) is 0.162. The molecule has 0 bridgehead atoms. The van der Waals surface area contributed by atoms with Gasteiger partial charge in [0.25, 0.3) is 0 Å². The van der Waals surface area contributed by atoms with Crippen molar-refractivity contribution in [1.29, 1.82) is 0 Å². The van der Waals surface area contributed by atoms with Gasteiger partial charge in [-0.25, -0.2) is 0 Å². The van der Waals surface area contributed by atoms with E-state index in [9.17, 15) is 5.11 Å². The van der Waals surface area contributed by atoms with Gasteiger partial charge >= 0.3 is 0 Å². The van der Waals surface area contributed by atoms with Gasteiger partial charge in [-0.3, -0.25) is 0 Å². The second kappa shape index (κ2) is 6.25. The molecule has 3 nitrogen and oxygen atoms in total. The molecule has 20 heavy (non-hydrogen) atoms. The van der Waals surface area contributed by atoms with Crippen molar-refractivity contribution in [3.05, 3.63) is 35.9 Å². The molecule has 1 aliphatic heterocycles. The summed E-state index contributed by atoms with van der Waals surface area (Å²) in [5.74, 6) is -0.364. The Morgan fingerprint density at radius 2 is 1.70 bits per heavy atom. The van der Waals surface area contributed by atoms with Crippen LogP contribution in [-0.2, 0) is 15.9 Å². The third kappa shape index (κ3) is 3.05. The number of aliphatic hydroxyl groups is 1. The summed E-state index contributed by atoms with van der Waals surface area (Å²) in [4.78, 5) is 0. The van der Waals surface area contributed by atoms with Crippen molar-refractivity contribution < 1.29 is 14.6 Å². The minimum Gasteiger partial charge on any atom is -0.396 e. The highest BCUT2D eigenvalue weighted by Crippen LogP contribution is 2.42. The SMILES string of the molecule is OCC[C@@H]1OC2(CCCCC2)O[C@H]1Cc1ccccc1. The monoisotopic (exact) mass is 276 g/mol. The van der Waals surface area contributed by atoms with E-state index in [1.807, 2.05) is 6.07 Å². The van der Waals surface area contributed by atoms with E-state index in [4.69, 9.17) is 9.47 Å². The van der Waals surface area contributed by atoms with Crippen LogP contribution in [0.2, 0.25) is 0 Å². The van der Waals surface area contributed by atoms with Crippen LogP contribution in [0.3, 0.4) is 0 Å². The smallest absolute Gasteiger partial charge is 0.169 e. The van der Waals surface area contributed by atoms with E-state index in [1.165, 1.54) is 24.8 Å². The molecule has 2 aliphatic rings. The van der Waals surface area contributed by atoms with Gasteiger partial charge in [0.15, 0.2) is 5.79 Å². The van der Waals surface area contributed by atoms with Crippen molar-refractivity contribution in [1.82, 2.24) is 0 Å². The minimum atomic E-state index is -0.364. The van der Waals surface area contributed by atoms with E-state index in [-0.39, 0.29) is 24.6 Å². The number of hydrogen-bond acceptors (Lipinski definition) is 3. The molecule has 0 aromatic heterocycles. The summed E-state index contributed by atoms with van der Waals surface area (Å²) in [5, 5.41) is 9.26. The molecule has 1 saturated heterocycles. The molecule has 0 unspecified atom stereocenters. The molecule has 1 N–H and O–H groups in total. The Morgan fingerprint density at radius 1 is 1.00 bits per heavy atom. The lowest BCUT2D eigenvalue weighted by atomic mass is 9.94. The van der Waals surface area contributed by atoms with Gasteiger partial charge in [-0.15, -0.1) is 0 Å². The van der Waals surface area contributed by atoms with Crippen LogP contribution in [0.5, 0.6) is 0 Å². The quantitative estimate of drug-likeness (QED) is 0.918. The number of hydrogen-bond donors (Lipinski definition) is 1. The summed E-state index contributed by atoms with van der Waals surface area (Å²) in [6, 6.07) is 10.4. The summed E-state index contributed by atoms with van der Waals surface area (Å²) < 4.78 is 12.6. The number of ether oxygens (including phenoxy) is 2. The first-order valence-corrected chi connectivity index (χ1v) is 7.82. The lowest BCUT2D eigenvalue weighted by Crippen LogP contribution is -2.33. The minimum absolute atomic E-state index is 0.0262. The first-order chi connectivity index (χ1) is 9.81. The van der Waals surface area contributed by atoms with E-state index in [0.29, 0.717) is 6.42 Å². The summed E-state index contributed by atoms with van der Waals surface area (Å²) in [6.07, 6.45) is 7.28. The Bertz CT molecular complexity index is 412. The Balaban J connectivity index is 1.70. The average Bonchev–Trinajstić information content (AvgIpc) is 2.78. The van der Waals surface area contributed by atoms with Crippen LogP contribution < -0.4 is 0 Å². The van der Waals surface area contributed by atoms with E-state index >= 15 is 0 Å². The molecular formula is C17H24O3. The molecular weight excluding hydrogens is 252 g/mol. The fourth-order valence-corrected chi connectivity index (χ4v) is 3.45. The normalized spacial score (nSPS) is 28.9. The van der Waals surface area contributed by atoms with Crippen molar-refractivity contribution >= 4 is 0 Å². The zero-order valence-corrected chi connectivity index (χ0v) is 12.0. The van der Waals surface area contributed by atoms with E-state index in [1.54, 1.807) is 0 Å². The highest BCUT2D eigenvalue weighted by molar-refractivity contribution is 5.16.